The lowest BCUT2D eigenvalue weighted by molar-refractivity contribution is -0.120. The molecule has 5 heteroatoms. The van der Waals surface area contributed by atoms with E-state index in [0.29, 0.717) is 11.3 Å². The van der Waals surface area contributed by atoms with Gasteiger partial charge in [-0.2, -0.15) is 0 Å². The van der Waals surface area contributed by atoms with Crippen molar-refractivity contribution >= 4 is 22.6 Å². The summed E-state index contributed by atoms with van der Waals surface area (Å²) in [6.07, 6.45) is 0.737. The fourth-order valence-corrected chi connectivity index (χ4v) is 3.13. The molecule has 0 aliphatic heterocycles. The third kappa shape index (κ3) is 4.19. The Bertz CT molecular complexity index is 992. The second kappa shape index (κ2) is 8.08. The van der Waals surface area contributed by atoms with E-state index in [1.807, 2.05) is 57.2 Å². The molecular formula is C22H23NO4. The summed E-state index contributed by atoms with van der Waals surface area (Å²) < 4.78 is 11.0. The average molecular weight is 365 g/mol. The Morgan fingerprint density at radius 3 is 2.52 bits per heavy atom. The number of hydrogen-bond acceptors (Lipinski definition) is 4. The molecule has 0 saturated heterocycles. The van der Waals surface area contributed by atoms with Crippen LogP contribution in [0.25, 0.3) is 11.0 Å². The molecule has 0 unspecified atom stereocenters. The molecule has 140 valence electrons. The maximum absolute atomic E-state index is 12.7. The molecule has 0 radical (unpaired) electrons. The highest BCUT2D eigenvalue weighted by atomic mass is 16.5. The van der Waals surface area contributed by atoms with Crippen LogP contribution in [-0.2, 0) is 11.2 Å². The Balaban J connectivity index is 1.79. The standard InChI is InChI=1S/C22H23NO4/c1-4-16-12-22(25)27-20-13-18(10-11-19(16)20)26-14-21(24)23(15(2)3)17-8-6-5-7-9-17/h5-13,15H,4,14H2,1-3H3. The summed E-state index contributed by atoms with van der Waals surface area (Å²) in [5.74, 6) is 0.351. The first-order valence-electron chi connectivity index (χ1n) is 9.06. The van der Waals surface area contributed by atoms with E-state index < -0.39 is 0 Å². The lowest BCUT2D eigenvalue weighted by Crippen LogP contribution is -2.40. The van der Waals surface area contributed by atoms with Crippen LogP contribution in [0.1, 0.15) is 26.3 Å². The van der Waals surface area contributed by atoms with Crippen molar-refractivity contribution in [2.24, 2.45) is 0 Å². The zero-order valence-corrected chi connectivity index (χ0v) is 15.8. The van der Waals surface area contributed by atoms with Gasteiger partial charge < -0.3 is 14.1 Å². The monoisotopic (exact) mass is 365 g/mol. The molecule has 0 aliphatic carbocycles. The maximum Gasteiger partial charge on any atom is 0.336 e. The fraction of sp³-hybridized carbons (Fsp3) is 0.273. The summed E-state index contributed by atoms with van der Waals surface area (Å²) in [4.78, 5) is 26.1. The van der Waals surface area contributed by atoms with Crippen LogP contribution in [0.5, 0.6) is 5.75 Å². The second-order valence-corrected chi connectivity index (χ2v) is 6.58. The first-order valence-corrected chi connectivity index (χ1v) is 9.06. The van der Waals surface area contributed by atoms with Gasteiger partial charge in [0.05, 0.1) is 0 Å². The first-order chi connectivity index (χ1) is 13.0. The van der Waals surface area contributed by atoms with Crippen molar-refractivity contribution in [3.05, 3.63) is 70.6 Å². The Labute approximate surface area is 158 Å². The number of fused-ring (bicyclic) bond motifs is 1. The molecule has 1 heterocycles. The van der Waals surface area contributed by atoms with Crippen molar-refractivity contribution in [3.8, 4) is 5.75 Å². The van der Waals surface area contributed by atoms with E-state index in [0.717, 1.165) is 23.1 Å². The van der Waals surface area contributed by atoms with Crippen molar-refractivity contribution in [1.82, 2.24) is 0 Å². The van der Waals surface area contributed by atoms with Crippen LogP contribution in [0.3, 0.4) is 0 Å². The third-order valence-electron chi connectivity index (χ3n) is 4.36. The number of anilines is 1. The molecule has 0 bridgehead atoms. The van der Waals surface area contributed by atoms with Crippen LogP contribution in [-0.4, -0.2) is 18.6 Å². The lowest BCUT2D eigenvalue weighted by Gasteiger charge is -2.26. The van der Waals surface area contributed by atoms with Crippen molar-refractivity contribution in [3.63, 3.8) is 0 Å². The molecule has 0 spiro atoms. The fourth-order valence-electron chi connectivity index (χ4n) is 3.13. The quantitative estimate of drug-likeness (QED) is 0.615. The van der Waals surface area contributed by atoms with Crippen LogP contribution >= 0.6 is 0 Å². The minimum absolute atomic E-state index is 0.00485. The molecule has 3 rings (SSSR count). The molecule has 3 aromatic rings. The van der Waals surface area contributed by atoms with Gasteiger partial charge in [-0.25, -0.2) is 4.79 Å². The van der Waals surface area contributed by atoms with Gasteiger partial charge in [-0.15, -0.1) is 0 Å². The van der Waals surface area contributed by atoms with Crippen molar-refractivity contribution in [2.75, 3.05) is 11.5 Å². The second-order valence-electron chi connectivity index (χ2n) is 6.58. The summed E-state index contributed by atoms with van der Waals surface area (Å²) in [5, 5.41) is 0.879. The van der Waals surface area contributed by atoms with Gasteiger partial charge in [-0.05, 0) is 50.1 Å². The van der Waals surface area contributed by atoms with Gasteiger partial charge in [0.25, 0.3) is 5.91 Å². The number of ether oxygens (including phenoxy) is 1. The highest BCUT2D eigenvalue weighted by molar-refractivity contribution is 5.95. The molecule has 5 nitrogen and oxygen atoms in total. The number of amides is 1. The molecule has 1 aromatic heterocycles. The normalized spacial score (nSPS) is 11.0. The number of para-hydroxylation sites is 1. The van der Waals surface area contributed by atoms with Crippen molar-refractivity contribution in [2.45, 2.75) is 33.2 Å². The Morgan fingerprint density at radius 2 is 1.85 bits per heavy atom. The average Bonchev–Trinajstić information content (AvgIpc) is 2.66. The minimum Gasteiger partial charge on any atom is -0.484 e. The highest BCUT2D eigenvalue weighted by Crippen LogP contribution is 2.23. The smallest absolute Gasteiger partial charge is 0.336 e. The van der Waals surface area contributed by atoms with Gasteiger partial charge in [-0.1, -0.05) is 25.1 Å². The van der Waals surface area contributed by atoms with E-state index in [1.165, 1.54) is 6.07 Å². The van der Waals surface area contributed by atoms with E-state index in [1.54, 1.807) is 17.0 Å². The van der Waals surface area contributed by atoms with E-state index in [4.69, 9.17) is 9.15 Å². The van der Waals surface area contributed by atoms with Crippen LogP contribution in [0.4, 0.5) is 5.69 Å². The van der Waals surface area contributed by atoms with E-state index in [-0.39, 0.29) is 24.2 Å². The number of benzene rings is 2. The van der Waals surface area contributed by atoms with Gasteiger partial charge in [0.2, 0.25) is 0 Å². The largest absolute Gasteiger partial charge is 0.484 e. The van der Waals surface area contributed by atoms with Gasteiger partial charge >= 0.3 is 5.63 Å². The van der Waals surface area contributed by atoms with E-state index in [9.17, 15) is 9.59 Å². The maximum atomic E-state index is 12.7. The molecule has 0 saturated carbocycles. The molecule has 0 fully saturated rings. The lowest BCUT2D eigenvalue weighted by atomic mass is 10.1. The highest BCUT2D eigenvalue weighted by Gasteiger charge is 2.19. The van der Waals surface area contributed by atoms with Crippen molar-refractivity contribution < 1.29 is 13.9 Å². The number of nitrogens with zero attached hydrogens (tertiary/aromatic N) is 1. The van der Waals surface area contributed by atoms with Gasteiger partial charge in [0.1, 0.15) is 11.3 Å². The molecule has 27 heavy (non-hydrogen) atoms. The number of hydrogen-bond donors (Lipinski definition) is 0. The molecule has 0 aliphatic rings. The van der Waals surface area contributed by atoms with Crippen LogP contribution in [0.2, 0.25) is 0 Å². The summed E-state index contributed by atoms with van der Waals surface area (Å²) >= 11 is 0. The zero-order valence-electron chi connectivity index (χ0n) is 15.8. The number of rotatable bonds is 6. The Kier molecular flexibility index (Phi) is 5.60. The van der Waals surface area contributed by atoms with Gasteiger partial charge in [0.15, 0.2) is 6.61 Å². The summed E-state index contributed by atoms with van der Waals surface area (Å²) in [6.45, 7) is 5.81. The molecule has 0 N–H and O–H groups in total. The number of carbonyl (C=O) groups is 1. The van der Waals surface area contributed by atoms with Crippen LogP contribution < -0.4 is 15.3 Å². The predicted octanol–water partition coefficient (Wildman–Crippen LogP) is 4.18. The summed E-state index contributed by atoms with van der Waals surface area (Å²) in [6, 6.07) is 16.3. The number of aryl methyl sites for hydroxylation is 1. The Hall–Kier alpha value is -3.08. The van der Waals surface area contributed by atoms with E-state index >= 15 is 0 Å². The molecule has 2 aromatic carbocycles. The predicted molar refractivity (Wildman–Crippen MR) is 106 cm³/mol. The zero-order chi connectivity index (χ0) is 19.4. The van der Waals surface area contributed by atoms with Crippen LogP contribution in [0.15, 0.2) is 63.8 Å². The van der Waals surface area contributed by atoms with E-state index in [2.05, 4.69) is 0 Å². The molecule has 1 amide bonds. The topological polar surface area (TPSA) is 59.8 Å². The van der Waals surface area contributed by atoms with Crippen LogP contribution in [0, 0.1) is 0 Å². The molecular weight excluding hydrogens is 342 g/mol. The number of carbonyl (C=O) groups excluding carboxylic acids is 1. The van der Waals surface area contributed by atoms with Gasteiger partial charge in [-0.3, -0.25) is 4.79 Å². The van der Waals surface area contributed by atoms with Gasteiger partial charge in [0, 0.05) is 29.2 Å². The minimum atomic E-state index is -0.386. The summed E-state index contributed by atoms with van der Waals surface area (Å²) in [5.41, 5.74) is 1.84. The Morgan fingerprint density at radius 1 is 1.11 bits per heavy atom. The summed E-state index contributed by atoms with van der Waals surface area (Å²) in [7, 11) is 0. The third-order valence-corrected chi connectivity index (χ3v) is 4.36. The SMILES string of the molecule is CCc1cc(=O)oc2cc(OCC(=O)N(c3ccccc3)C(C)C)ccc12. The van der Waals surface area contributed by atoms with Crippen molar-refractivity contribution in [1.29, 1.82) is 0 Å². The first kappa shape index (κ1) is 18.7. The molecule has 0 atom stereocenters.